The number of nitrogens with zero attached hydrogens (tertiary/aromatic N) is 2. The van der Waals surface area contributed by atoms with E-state index in [9.17, 15) is 19.6 Å². The van der Waals surface area contributed by atoms with Gasteiger partial charge in [0, 0.05) is 24.9 Å². The molecule has 21 heavy (non-hydrogen) atoms. The van der Waals surface area contributed by atoms with Crippen molar-refractivity contribution in [3.63, 3.8) is 0 Å². The molecule has 0 aliphatic carbocycles. The molecule has 0 aliphatic heterocycles. The van der Waals surface area contributed by atoms with Crippen molar-refractivity contribution in [3.8, 4) is 5.75 Å². The number of methoxy groups -OCH3 is 1. The Hall–Kier alpha value is -2.32. The minimum atomic E-state index is -1.63. The van der Waals surface area contributed by atoms with Gasteiger partial charge in [-0.1, -0.05) is 12.1 Å². The molecule has 0 radical (unpaired) electrons. The van der Waals surface area contributed by atoms with Crippen LogP contribution in [0.5, 0.6) is 5.75 Å². The van der Waals surface area contributed by atoms with Crippen LogP contribution in [-0.2, 0) is 13.6 Å². The lowest BCUT2D eigenvalue weighted by molar-refractivity contribution is 0.407. The van der Waals surface area contributed by atoms with Crippen LogP contribution in [0.2, 0.25) is 0 Å². The normalized spacial score (nSPS) is 10.5. The van der Waals surface area contributed by atoms with E-state index in [1.807, 2.05) is 0 Å². The van der Waals surface area contributed by atoms with E-state index < -0.39 is 18.4 Å². The Morgan fingerprint density at radius 3 is 2.57 bits per heavy atom. The van der Waals surface area contributed by atoms with E-state index in [2.05, 4.69) is 0 Å². The molecule has 8 heteroatoms. The van der Waals surface area contributed by atoms with Gasteiger partial charge in [-0.3, -0.25) is 9.36 Å². The Labute approximate surface area is 120 Å². The van der Waals surface area contributed by atoms with Crippen molar-refractivity contribution in [1.29, 1.82) is 0 Å². The maximum atomic E-state index is 12.0. The first-order valence-corrected chi connectivity index (χ1v) is 6.23. The average molecular weight is 290 g/mol. The molecule has 0 atom stereocenters. The first-order chi connectivity index (χ1) is 9.93. The Morgan fingerprint density at radius 2 is 1.95 bits per heavy atom. The van der Waals surface area contributed by atoms with Gasteiger partial charge in [0.05, 0.1) is 13.7 Å². The molecule has 2 aromatic rings. The maximum absolute atomic E-state index is 12.0. The fourth-order valence-corrected chi connectivity index (χ4v) is 2.01. The average Bonchev–Trinajstić information content (AvgIpc) is 2.47. The quantitative estimate of drug-likeness (QED) is 0.654. The van der Waals surface area contributed by atoms with Gasteiger partial charge in [0.25, 0.3) is 5.56 Å². The summed E-state index contributed by atoms with van der Waals surface area (Å²) in [5, 5.41) is 18.4. The number of aromatic nitrogens is 2. The third-order valence-electron chi connectivity index (χ3n) is 3.17. The van der Waals surface area contributed by atoms with Crippen molar-refractivity contribution < 1.29 is 14.8 Å². The molecule has 0 fully saturated rings. The topological polar surface area (TPSA) is 93.7 Å². The smallest absolute Gasteiger partial charge is 0.488 e. The molecule has 0 spiro atoms. The van der Waals surface area contributed by atoms with Crippen LogP contribution in [0.25, 0.3) is 0 Å². The molecule has 2 rings (SSSR count). The van der Waals surface area contributed by atoms with Crippen LogP contribution in [0.4, 0.5) is 0 Å². The Bertz CT molecular complexity index is 766. The van der Waals surface area contributed by atoms with Crippen LogP contribution in [0.3, 0.4) is 0 Å². The summed E-state index contributed by atoms with van der Waals surface area (Å²) in [5.41, 5.74) is -0.130. The fourth-order valence-electron chi connectivity index (χ4n) is 2.01. The number of hydrogen-bond acceptors (Lipinski definition) is 5. The van der Waals surface area contributed by atoms with Crippen molar-refractivity contribution in [1.82, 2.24) is 9.13 Å². The lowest BCUT2D eigenvalue weighted by atomic mass is 9.79. The molecule has 1 aromatic carbocycles. The summed E-state index contributed by atoms with van der Waals surface area (Å²) >= 11 is 0. The molecule has 0 saturated heterocycles. The lowest BCUT2D eigenvalue weighted by Crippen LogP contribution is -2.38. The maximum Gasteiger partial charge on any atom is 0.488 e. The van der Waals surface area contributed by atoms with Gasteiger partial charge in [0.15, 0.2) is 0 Å². The molecule has 0 amide bonds. The highest BCUT2D eigenvalue weighted by Crippen LogP contribution is 2.16. The number of benzene rings is 1. The second kappa shape index (κ2) is 5.98. The van der Waals surface area contributed by atoms with Crippen LogP contribution >= 0.6 is 0 Å². The van der Waals surface area contributed by atoms with Gasteiger partial charge >= 0.3 is 12.8 Å². The largest absolute Gasteiger partial charge is 0.496 e. The van der Waals surface area contributed by atoms with Gasteiger partial charge in [0.2, 0.25) is 0 Å². The molecule has 2 N–H and O–H groups in total. The molecule has 0 aliphatic rings. The van der Waals surface area contributed by atoms with Crippen LogP contribution < -0.4 is 21.4 Å². The molecule has 0 unspecified atom stereocenters. The zero-order valence-electron chi connectivity index (χ0n) is 11.7. The molecule has 7 nitrogen and oxygen atoms in total. The van der Waals surface area contributed by atoms with Gasteiger partial charge in [-0.15, -0.1) is 0 Å². The summed E-state index contributed by atoms with van der Waals surface area (Å²) in [6, 6.07) is 5.84. The number of aryl methyl sites for hydroxylation is 1. The summed E-state index contributed by atoms with van der Waals surface area (Å²) in [5.74, 6) is 0.456. The standard InChI is InChI=1S/C13H15BN2O5/c1-15-6-5-12(17)16(13(15)18)8-9-7-10(14(19)20)3-4-11(9)21-2/h3-7,19-20H,8H2,1-2H3. The molecular formula is C13H15BN2O5. The molecule has 1 aromatic heterocycles. The zero-order valence-corrected chi connectivity index (χ0v) is 11.7. The molecule has 110 valence electrons. The highest BCUT2D eigenvalue weighted by atomic mass is 16.5. The minimum Gasteiger partial charge on any atom is -0.496 e. The Kier molecular flexibility index (Phi) is 4.30. The van der Waals surface area contributed by atoms with E-state index in [1.165, 1.54) is 36.1 Å². The summed E-state index contributed by atoms with van der Waals surface area (Å²) in [6.07, 6.45) is 1.40. The first kappa shape index (κ1) is 15.1. The molecule has 0 saturated carbocycles. The van der Waals surface area contributed by atoms with E-state index in [1.54, 1.807) is 13.1 Å². The highest BCUT2D eigenvalue weighted by Gasteiger charge is 2.15. The molecular weight excluding hydrogens is 275 g/mol. The number of ether oxygens (including phenoxy) is 1. The Balaban J connectivity index is 2.53. The van der Waals surface area contributed by atoms with Crippen molar-refractivity contribution in [3.05, 3.63) is 56.9 Å². The monoisotopic (exact) mass is 290 g/mol. The van der Waals surface area contributed by atoms with Crippen molar-refractivity contribution in [2.75, 3.05) is 7.11 Å². The second-order valence-corrected chi connectivity index (χ2v) is 4.58. The number of hydrogen-bond donors (Lipinski definition) is 2. The fraction of sp³-hybridized carbons (Fsp3) is 0.231. The second-order valence-electron chi connectivity index (χ2n) is 4.58. The van der Waals surface area contributed by atoms with E-state index in [-0.39, 0.29) is 12.0 Å². The van der Waals surface area contributed by atoms with Gasteiger partial charge in [-0.05, 0) is 11.5 Å². The highest BCUT2D eigenvalue weighted by molar-refractivity contribution is 6.58. The first-order valence-electron chi connectivity index (χ1n) is 6.23. The SMILES string of the molecule is COc1ccc(B(O)O)cc1Cn1c(=O)ccn(C)c1=O. The summed E-state index contributed by atoms with van der Waals surface area (Å²) in [4.78, 5) is 23.8. The van der Waals surface area contributed by atoms with Gasteiger partial charge in [-0.25, -0.2) is 4.79 Å². The van der Waals surface area contributed by atoms with E-state index in [0.717, 1.165) is 4.57 Å². The third-order valence-corrected chi connectivity index (χ3v) is 3.17. The van der Waals surface area contributed by atoms with Crippen molar-refractivity contribution in [2.45, 2.75) is 6.54 Å². The summed E-state index contributed by atoms with van der Waals surface area (Å²) in [7, 11) is 1.37. The van der Waals surface area contributed by atoms with Crippen LogP contribution in [0.15, 0.2) is 40.1 Å². The minimum absolute atomic E-state index is 0.0178. The third kappa shape index (κ3) is 3.06. The number of rotatable bonds is 4. The Morgan fingerprint density at radius 1 is 1.24 bits per heavy atom. The lowest BCUT2D eigenvalue weighted by Gasteiger charge is -2.12. The van der Waals surface area contributed by atoms with Gasteiger partial charge in [0.1, 0.15) is 5.75 Å². The van der Waals surface area contributed by atoms with E-state index in [0.29, 0.717) is 11.3 Å². The predicted octanol–water partition coefficient (Wildman–Crippen LogP) is -1.72. The summed E-state index contributed by atoms with van der Waals surface area (Å²) in [6.45, 7) is -0.0178. The van der Waals surface area contributed by atoms with E-state index in [4.69, 9.17) is 4.74 Å². The van der Waals surface area contributed by atoms with E-state index >= 15 is 0 Å². The molecule has 0 bridgehead atoms. The van der Waals surface area contributed by atoms with Gasteiger partial charge in [-0.2, -0.15) is 0 Å². The predicted molar refractivity (Wildman–Crippen MR) is 77.9 cm³/mol. The van der Waals surface area contributed by atoms with Crippen LogP contribution in [0.1, 0.15) is 5.56 Å². The van der Waals surface area contributed by atoms with Crippen molar-refractivity contribution in [2.24, 2.45) is 7.05 Å². The zero-order chi connectivity index (χ0) is 15.6. The summed E-state index contributed by atoms with van der Waals surface area (Å²) < 4.78 is 7.51. The van der Waals surface area contributed by atoms with Crippen LogP contribution in [-0.4, -0.2) is 33.4 Å². The van der Waals surface area contributed by atoms with Crippen molar-refractivity contribution >= 4 is 12.6 Å². The van der Waals surface area contributed by atoms with Gasteiger partial charge < -0.3 is 19.4 Å². The molecule has 1 heterocycles. The van der Waals surface area contributed by atoms with Crippen LogP contribution in [0, 0.1) is 0 Å².